The molecule has 0 aliphatic heterocycles. The molecule has 2 aromatic carbocycles. The van der Waals surface area contributed by atoms with E-state index in [1.807, 2.05) is 0 Å². The van der Waals surface area contributed by atoms with Crippen LogP contribution in [0.25, 0.3) is 0 Å². The predicted molar refractivity (Wildman–Crippen MR) is 93.8 cm³/mol. The summed E-state index contributed by atoms with van der Waals surface area (Å²) in [5.41, 5.74) is 0.439. The van der Waals surface area contributed by atoms with Gasteiger partial charge in [-0.1, -0.05) is 11.6 Å². The van der Waals surface area contributed by atoms with Gasteiger partial charge in [0.05, 0.1) is 29.2 Å². The lowest BCUT2D eigenvalue weighted by molar-refractivity contribution is -0.255. The highest BCUT2D eigenvalue weighted by atomic mass is 35.5. The largest absolute Gasteiger partial charge is 0.545 e. The van der Waals surface area contributed by atoms with Crippen LogP contribution in [0.1, 0.15) is 31.8 Å². The van der Waals surface area contributed by atoms with E-state index in [1.165, 1.54) is 24.3 Å². The molecule has 0 aliphatic rings. The maximum absolute atomic E-state index is 12.8. The maximum atomic E-state index is 12.8. The Morgan fingerprint density at radius 3 is 2.38 bits per heavy atom. The van der Waals surface area contributed by atoms with Gasteiger partial charge in [-0.15, -0.1) is 0 Å². The van der Waals surface area contributed by atoms with Gasteiger partial charge >= 0.3 is 5.97 Å². The van der Waals surface area contributed by atoms with E-state index in [-0.39, 0.29) is 26.7 Å². The highest BCUT2D eigenvalue weighted by molar-refractivity contribution is 7.92. The number of rotatable bonds is 5. The van der Waals surface area contributed by atoms with Crippen molar-refractivity contribution >= 4 is 39.3 Å². The van der Waals surface area contributed by atoms with Gasteiger partial charge in [-0.25, -0.2) is 13.2 Å². The molecule has 0 aliphatic carbocycles. The third kappa shape index (κ3) is 3.97. The number of aryl methyl sites for hydroxylation is 1. The fourth-order valence-corrected chi connectivity index (χ4v) is 3.90. The van der Waals surface area contributed by atoms with E-state index in [2.05, 4.69) is 9.46 Å². The zero-order chi connectivity index (χ0) is 19.6. The number of sulfonamides is 1. The standard InChI is InChI=1S/C17H16ClNO6S/c1-9-6-11(16(20)21)7-15(10(9)2)26(23,24)19-14-8-12(18)4-5-13(14)17(22)25-3/h4-8,19H,1-3H3,(H,20,21)/p-1. The Balaban J connectivity index is 2.59. The van der Waals surface area contributed by atoms with Crippen molar-refractivity contribution < 1.29 is 27.9 Å². The van der Waals surface area contributed by atoms with Gasteiger partial charge in [0.1, 0.15) is 0 Å². The molecule has 2 rings (SSSR count). The molecule has 0 atom stereocenters. The average molecular weight is 397 g/mol. The smallest absolute Gasteiger partial charge is 0.339 e. The van der Waals surface area contributed by atoms with E-state index in [0.29, 0.717) is 11.1 Å². The molecule has 0 spiro atoms. The fraction of sp³-hybridized carbons (Fsp3) is 0.176. The van der Waals surface area contributed by atoms with Crippen LogP contribution in [0.3, 0.4) is 0 Å². The highest BCUT2D eigenvalue weighted by Gasteiger charge is 2.22. The normalized spacial score (nSPS) is 11.1. The lowest BCUT2D eigenvalue weighted by atomic mass is 10.1. The lowest BCUT2D eigenvalue weighted by Gasteiger charge is -2.16. The van der Waals surface area contributed by atoms with E-state index >= 15 is 0 Å². The number of ether oxygens (including phenoxy) is 1. The van der Waals surface area contributed by atoms with Crippen molar-refractivity contribution in [1.82, 2.24) is 0 Å². The van der Waals surface area contributed by atoms with Crippen molar-refractivity contribution in [3.05, 3.63) is 57.6 Å². The van der Waals surface area contributed by atoms with Crippen LogP contribution in [0, 0.1) is 13.8 Å². The number of carboxylic acid groups (broad SMARTS) is 1. The zero-order valence-electron chi connectivity index (χ0n) is 14.1. The van der Waals surface area contributed by atoms with Crippen LogP contribution in [0.15, 0.2) is 35.2 Å². The molecule has 1 N–H and O–H groups in total. The molecule has 0 heterocycles. The van der Waals surface area contributed by atoms with E-state index in [0.717, 1.165) is 13.2 Å². The van der Waals surface area contributed by atoms with E-state index in [9.17, 15) is 23.1 Å². The van der Waals surface area contributed by atoms with Crippen LogP contribution in [-0.4, -0.2) is 27.5 Å². The fourth-order valence-electron chi connectivity index (χ4n) is 2.31. The number of esters is 1. The van der Waals surface area contributed by atoms with Crippen LogP contribution < -0.4 is 9.83 Å². The third-order valence-corrected chi connectivity index (χ3v) is 5.50. The molecule has 9 heteroatoms. The Hall–Kier alpha value is -2.58. The van der Waals surface area contributed by atoms with Crippen molar-refractivity contribution in [3.8, 4) is 0 Å². The number of anilines is 1. The monoisotopic (exact) mass is 396 g/mol. The Kier molecular flexibility index (Phi) is 5.58. The number of hydrogen-bond acceptors (Lipinski definition) is 6. The van der Waals surface area contributed by atoms with Crippen molar-refractivity contribution in [3.63, 3.8) is 0 Å². The van der Waals surface area contributed by atoms with Gasteiger partial charge < -0.3 is 14.6 Å². The number of nitrogens with one attached hydrogen (secondary N) is 1. The topological polar surface area (TPSA) is 113 Å². The van der Waals surface area contributed by atoms with E-state index in [4.69, 9.17) is 11.6 Å². The summed E-state index contributed by atoms with van der Waals surface area (Å²) >= 11 is 5.89. The molecular weight excluding hydrogens is 382 g/mol. The highest BCUT2D eigenvalue weighted by Crippen LogP contribution is 2.27. The summed E-state index contributed by atoms with van der Waals surface area (Å²) in [4.78, 5) is 22.7. The molecule has 0 unspecified atom stereocenters. The minimum Gasteiger partial charge on any atom is -0.545 e. The number of carboxylic acids is 1. The van der Waals surface area contributed by atoms with Gasteiger partial charge in [0, 0.05) is 5.02 Å². The molecule has 26 heavy (non-hydrogen) atoms. The number of carbonyl (C=O) groups is 2. The molecule has 2 aromatic rings. The van der Waals surface area contributed by atoms with Crippen LogP contribution in [-0.2, 0) is 14.8 Å². The summed E-state index contributed by atoms with van der Waals surface area (Å²) in [5.74, 6) is -2.25. The molecule has 0 bridgehead atoms. The van der Waals surface area contributed by atoms with Crippen molar-refractivity contribution in [2.24, 2.45) is 0 Å². The van der Waals surface area contributed by atoms with Gasteiger partial charge in [0.25, 0.3) is 10.0 Å². The summed E-state index contributed by atoms with van der Waals surface area (Å²) in [6.45, 7) is 3.13. The number of halogens is 1. The summed E-state index contributed by atoms with van der Waals surface area (Å²) in [6.07, 6.45) is 0. The zero-order valence-corrected chi connectivity index (χ0v) is 15.7. The molecular formula is C17H15ClNO6S-. The van der Waals surface area contributed by atoms with Gasteiger partial charge in [-0.3, -0.25) is 4.72 Å². The van der Waals surface area contributed by atoms with Gasteiger partial charge in [-0.2, -0.15) is 0 Å². The quantitative estimate of drug-likeness (QED) is 0.772. The lowest BCUT2D eigenvalue weighted by Crippen LogP contribution is -2.24. The number of benzene rings is 2. The van der Waals surface area contributed by atoms with Gasteiger partial charge in [0.2, 0.25) is 0 Å². The molecule has 0 radical (unpaired) electrons. The minimum atomic E-state index is -4.21. The van der Waals surface area contributed by atoms with Crippen LogP contribution in [0.2, 0.25) is 5.02 Å². The Morgan fingerprint density at radius 2 is 1.81 bits per heavy atom. The first kappa shape index (κ1) is 19.7. The van der Waals surface area contributed by atoms with Gasteiger partial charge in [-0.05, 0) is 60.9 Å². The van der Waals surface area contributed by atoms with Crippen LogP contribution in [0.4, 0.5) is 5.69 Å². The molecule has 0 saturated carbocycles. The third-order valence-electron chi connectivity index (χ3n) is 3.78. The number of hydrogen-bond donors (Lipinski definition) is 1. The Bertz CT molecular complexity index is 1000. The summed E-state index contributed by atoms with van der Waals surface area (Å²) in [7, 11) is -3.05. The minimum absolute atomic E-state index is 0.0362. The first-order valence-electron chi connectivity index (χ1n) is 7.30. The summed E-state index contributed by atoms with van der Waals surface area (Å²) in [5, 5.41) is 11.3. The van der Waals surface area contributed by atoms with Crippen LogP contribution >= 0.6 is 11.6 Å². The Labute approximate surface area is 155 Å². The average Bonchev–Trinajstić information content (AvgIpc) is 2.55. The first-order valence-corrected chi connectivity index (χ1v) is 9.16. The molecule has 0 fully saturated rings. The number of carbonyl (C=O) groups excluding carboxylic acids is 2. The van der Waals surface area contributed by atoms with Gasteiger partial charge in [0.15, 0.2) is 0 Å². The SMILES string of the molecule is COC(=O)c1ccc(Cl)cc1NS(=O)(=O)c1cc(C(=O)[O-])cc(C)c1C. The van der Waals surface area contributed by atoms with Crippen molar-refractivity contribution in [1.29, 1.82) is 0 Å². The van der Waals surface area contributed by atoms with E-state index in [1.54, 1.807) is 13.8 Å². The predicted octanol–water partition coefficient (Wildman–Crippen LogP) is 1.91. The molecule has 7 nitrogen and oxygen atoms in total. The van der Waals surface area contributed by atoms with Crippen LogP contribution in [0.5, 0.6) is 0 Å². The Morgan fingerprint density at radius 1 is 1.15 bits per heavy atom. The molecule has 0 saturated heterocycles. The second-order valence-corrected chi connectivity index (χ2v) is 7.58. The van der Waals surface area contributed by atoms with E-state index < -0.39 is 22.0 Å². The number of aromatic carboxylic acids is 1. The molecule has 0 aromatic heterocycles. The second-order valence-electron chi connectivity index (χ2n) is 5.49. The molecule has 138 valence electrons. The second kappa shape index (κ2) is 7.35. The molecule has 0 amide bonds. The van der Waals surface area contributed by atoms with Crippen molar-refractivity contribution in [2.45, 2.75) is 18.7 Å². The van der Waals surface area contributed by atoms with Crippen molar-refractivity contribution in [2.75, 3.05) is 11.8 Å². The summed E-state index contributed by atoms with van der Waals surface area (Å²) < 4.78 is 32.5. The maximum Gasteiger partial charge on any atom is 0.339 e. The number of methoxy groups -OCH3 is 1. The first-order chi connectivity index (χ1) is 12.1. The summed E-state index contributed by atoms with van der Waals surface area (Å²) in [6, 6.07) is 6.32.